The minimum Gasteiger partial charge on any atom is -0.396 e. The van der Waals surface area contributed by atoms with Crippen LogP contribution in [0.5, 0.6) is 0 Å². The average molecular weight is 271 g/mol. The van der Waals surface area contributed by atoms with Gasteiger partial charge in [0.15, 0.2) is 6.10 Å². The van der Waals surface area contributed by atoms with E-state index in [-0.39, 0.29) is 17.4 Å². The number of aliphatic hydroxyl groups excluding tert-OH is 2. The highest BCUT2D eigenvalue weighted by molar-refractivity contribution is 8.00. The quantitative estimate of drug-likeness (QED) is 0.729. The normalized spacial score (nSPS) is 19.6. The van der Waals surface area contributed by atoms with Crippen molar-refractivity contribution in [2.45, 2.75) is 29.6 Å². The third-order valence-electron chi connectivity index (χ3n) is 2.77. The summed E-state index contributed by atoms with van der Waals surface area (Å²) in [6, 6.07) is 2.71. The van der Waals surface area contributed by atoms with Crippen molar-refractivity contribution in [3.05, 3.63) is 23.5 Å². The van der Waals surface area contributed by atoms with Crippen LogP contribution in [-0.4, -0.2) is 28.0 Å². The van der Waals surface area contributed by atoms with Gasteiger partial charge < -0.3 is 15.5 Å². The molecule has 0 saturated heterocycles. The SMILES string of the molecule is CC(CCO)Sc1cc2c(cc1F)C(O)C(=O)N2. The van der Waals surface area contributed by atoms with Gasteiger partial charge in [-0.3, -0.25) is 4.79 Å². The van der Waals surface area contributed by atoms with E-state index in [4.69, 9.17) is 5.11 Å². The largest absolute Gasteiger partial charge is 0.396 e. The van der Waals surface area contributed by atoms with Gasteiger partial charge in [-0.15, -0.1) is 11.8 Å². The van der Waals surface area contributed by atoms with Crippen LogP contribution < -0.4 is 5.32 Å². The number of halogens is 1. The molecule has 1 heterocycles. The Balaban J connectivity index is 2.24. The van der Waals surface area contributed by atoms with Gasteiger partial charge in [0.25, 0.3) is 5.91 Å². The van der Waals surface area contributed by atoms with E-state index in [1.807, 2.05) is 6.92 Å². The number of fused-ring (bicyclic) bond motifs is 1. The van der Waals surface area contributed by atoms with E-state index in [0.717, 1.165) is 0 Å². The predicted octanol–water partition coefficient (Wildman–Crippen LogP) is 1.67. The number of benzene rings is 1. The first-order chi connectivity index (χ1) is 8.52. The average Bonchev–Trinajstić information content (AvgIpc) is 2.57. The van der Waals surface area contributed by atoms with Crippen molar-refractivity contribution in [1.82, 2.24) is 0 Å². The molecule has 2 rings (SSSR count). The number of hydrogen-bond acceptors (Lipinski definition) is 4. The molecule has 0 saturated carbocycles. The molecule has 6 heteroatoms. The summed E-state index contributed by atoms with van der Waals surface area (Å²) < 4.78 is 13.8. The molecule has 1 aromatic carbocycles. The lowest BCUT2D eigenvalue weighted by molar-refractivity contribution is -0.123. The lowest BCUT2D eigenvalue weighted by atomic mass is 10.1. The summed E-state index contributed by atoms with van der Waals surface area (Å²) in [6.45, 7) is 1.94. The van der Waals surface area contributed by atoms with Crippen molar-refractivity contribution in [1.29, 1.82) is 0 Å². The zero-order valence-electron chi connectivity index (χ0n) is 9.81. The Hall–Kier alpha value is -1.11. The number of amides is 1. The summed E-state index contributed by atoms with van der Waals surface area (Å²) in [5.74, 6) is -0.992. The predicted molar refractivity (Wildman–Crippen MR) is 67.0 cm³/mol. The van der Waals surface area contributed by atoms with Crippen LogP contribution in [0.4, 0.5) is 10.1 Å². The summed E-state index contributed by atoms with van der Waals surface area (Å²) in [5.41, 5.74) is 0.726. The molecular formula is C12H14FNO3S. The van der Waals surface area contributed by atoms with E-state index in [2.05, 4.69) is 5.32 Å². The molecule has 0 spiro atoms. The molecule has 0 aromatic heterocycles. The highest BCUT2D eigenvalue weighted by atomic mass is 32.2. The maximum Gasteiger partial charge on any atom is 0.257 e. The molecular weight excluding hydrogens is 257 g/mol. The molecule has 3 N–H and O–H groups in total. The van der Waals surface area contributed by atoms with Crippen LogP contribution in [0.15, 0.2) is 17.0 Å². The van der Waals surface area contributed by atoms with Gasteiger partial charge in [0.05, 0.1) is 0 Å². The summed E-state index contributed by atoms with van der Waals surface area (Å²) in [7, 11) is 0. The number of aliphatic hydroxyl groups is 2. The number of nitrogens with one attached hydrogen (secondary N) is 1. The Morgan fingerprint density at radius 1 is 1.56 bits per heavy atom. The van der Waals surface area contributed by atoms with Crippen LogP contribution >= 0.6 is 11.8 Å². The molecule has 18 heavy (non-hydrogen) atoms. The first-order valence-corrected chi connectivity index (χ1v) is 6.50. The highest BCUT2D eigenvalue weighted by Gasteiger charge is 2.30. The van der Waals surface area contributed by atoms with E-state index >= 15 is 0 Å². The van der Waals surface area contributed by atoms with Crippen LogP contribution in [0, 0.1) is 5.82 Å². The van der Waals surface area contributed by atoms with Gasteiger partial charge in [-0.05, 0) is 18.6 Å². The number of thioether (sulfide) groups is 1. The van der Waals surface area contributed by atoms with Gasteiger partial charge in [0.1, 0.15) is 5.82 Å². The van der Waals surface area contributed by atoms with Gasteiger partial charge >= 0.3 is 0 Å². The van der Waals surface area contributed by atoms with Crippen molar-refractivity contribution in [3.63, 3.8) is 0 Å². The maximum atomic E-state index is 13.8. The lowest BCUT2D eigenvalue weighted by Gasteiger charge is -2.11. The Morgan fingerprint density at radius 3 is 2.94 bits per heavy atom. The fourth-order valence-electron chi connectivity index (χ4n) is 1.79. The summed E-state index contributed by atoms with van der Waals surface area (Å²) >= 11 is 1.30. The maximum absolute atomic E-state index is 13.8. The number of carbonyl (C=O) groups excluding carboxylic acids is 1. The number of carbonyl (C=O) groups is 1. The minimum atomic E-state index is -1.29. The highest BCUT2D eigenvalue weighted by Crippen LogP contribution is 2.37. The Kier molecular flexibility index (Phi) is 3.89. The van der Waals surface area contributed by atoms with Crippen LogP contribution in [0.25, 0.3) is 0 Å². The van der Waals surface area contributed by atoms with Gasteiger partial charge in [0.2, 0.25) is 0 Å². The zero-order chi connectivity index (χ0) is 13.3. The Bertz CT molecular complexity index is 481. The second-order valence-corrected chi connectivity index (χ2v) is 5.68. The van der Waals surface area contributed by atoms with Crippen LogP contribution in [0.2, 0.25) is 0 Å². The molecule has 98 valence electrons. The van der Waals surface area contributed by atoms with E-state index in [1.165, 1.54) is 23.9 Å². The topological polar surface area (TPSA) is 69.6 Å². The van der Waals surface area contributed by atoms with Crippen molar-refractivity contribution in [2.75, 3.05) is 11.9 Å². The van der Waals surface area contributed by atoms with E-state index in [9.17, 15) is 14.3 Å². The van der Waals surface area contributed by atoms with Crippen molar-refractivity contribution in [3.8, 4) is 0 Å². The standard InChI is InChI=1S/C12H14FNO3S/c1-6(2-3-15)18-10-5-9-7(4-8(10)13)11(16)12(17)14-9/h4-6,11,15-16H,2-3H2,1H3,(H,14,17). The van der Waals surface area contributed by atoms with E-state index in [0.29, 0.717) is 17.0 Å². The minimum absolute atomic E-state index is 0.0518. The monoisotopic (exact) mass is 271 g/mol. The summed E-state index contributed by atoms with van der Waals surface area (Å²) in [6.07, 6.45) is -0.723. The Morgan fingerprint density at radius 2 is 2.28 bits per heavy atom. The second-order valence-electron chi connectivity index (χ2n) is 4.20. The molecule has 0 aliphatic carbocycles. The van der Waals surface area contributed by atoms with Gasteiger partial charge in [-0.25, -0.2) is 4.39 Å². The first-order valence-electron chi connectivity index (χ1n) is 5.63. The summed E-state index contributed by atoms with van der Waals surface area (Å²) in [4.78, 5) is 11.7. The molecule has 1 aliphatic rings. The third kappa shape index (κ3) is 2.50. The smallest absolute Gasteiger partial charge is 0.257 e. The van der Waals surface area contributed by atoms with Crippen molar-refractivity contribution in [2.24, 2.45) is 0 Å². The fraction of sp³-hybridized carbons (Fsp3) is 0.417. The van der Waals surface area contributed by atoms with Gasteiger partial charge in [-0.1, -0.05) is 6.92 Å². The molecule has 2 unspecified atom stereocenters. The molecule has 0 radical (unpaired) electrons. The molecule has 2 atom stereocenters. The molecule has 1 aliphatic heterocycles. The number of anilines is 1. The lowest BCUT2D eigenvalue weighted by Crippen LogP contribution is -2.10. The van der Waals surface area contributed by atoms with Gasteiger partial charge in [0, 0.05) is 28.0 Å². The zero-order valence-corrected chi connectivity index (χ0v) is 10.6. The molecule has 0 bridgehead atoms. The van der Waals surface area contributed by atoms with Crippen molar-refractivity contribution >= 4 is 23.4 Å². The summed E-state index contributed by atoms with van der Waals surface area (Å²) in [5, 5.41) is 20.9. The first kappa shape index (κ1) is 13.3. The van der Waals surface area contributed by atoms with Crippen LogP contribution in [0.3, 0.4) is 0 Å². The Labute approximate surface area is 108 Å². The number of rotatable bonds is 4. The van der Waals surface area contributed by atoms with Crippen LogP contribution in [-0.2, 0) is 4.79 Å². The molecule has 1 amide bonds. The van der Waals surface area contributed by atoms with E-state index < -0.39 is 17.8 Å². The molecule has 4 nitrogen and oxygen atoms in total. The van der Waals surface area contributed by atoms with Crippen LogP contribution in [0.1, 0.15) is 25.0 Å². The molecule has 1 aromatic rings. The molecule has 0 fully saturated rings. The third-order valence-corrected chi connectivity index (χ3v) is 3.97. The second kappa shape index (κ2) is 5.26. The van der Waals surface area contributed by atoms with Crippen molar-refractivity contribution < 1.29 is 19.4 Å². The number of hydrogen-bond donors (Lipinski definition) is 3. The van der Waals surface area contributed by atoms with E-state index in [1.54, 1.807) is 0 Å². The van der Waals surface area contributed by atoms with Gasteiger partial charge in [-0.2, -0.15) is 0 Å². The fourth-order valence-corrected chi connectivity index (χ4v) is 2.81.